The molecule has 0 aliphatic heterocycles. The Morgan fingerprint density at radius 3 is 2.41 bits per heavy atom. The van der Waals surface area contributed by atoms with Gasteiger partial charge in [-0.05, 0) is 29.8 Å². The molecule has 0 aromatic heterocycles. The van der Waals surface area contributed by atoms with Crippen LogP contribution in [0, 0.1) is 5.82 Å². The molecule has 1 amide bonds. The molecular weight excluding hydrogens is 347 g/mol. The fraction of sp³-hybridized carbons (Fsp3) is 0.235. The standard InChI is InChI=1S/C17H18BrFN2O/c1-20(2)16-9-8-12(10-15(16)19)17(22)21(3)11-13-6-4-5-7-14(13)18/h4-10H,11H2,1-3H3. The molecule has 2 aromatic carbocycles. The van der Waals surface area contributed by atoms with E-state index in [0.717, 1.165) is 10.0 Å². The van der Waals surface area contributed by atoms with E-state index in [1.807, 2.05) is 24.3 Å². The van der Waals surface area contributed by atoms with Gasteiger partial charge in [0.15, 0.2) is 0 Å². The zero-order chi connectivity index (χ0) is 16.3. The highest BCUT2D eigenvalue weighted by Gasteiger charge is 2.15. The molecule has 0 N–H and O–H groups in total. The molecule has 0 atom stereocenters. The van der Waals surface area contributed by atoms with Gasteiger partial charge in [0.1, 0.15) is 5.82 Å². The summed E-state index contributed by atoms with van der Waals surface area (Å²) in [6.07, 6.45) is 0. The summed E-state index contributed by atoms with van der Waals surface area (Å²) >= 11 is 3.46. The van der Waals surface area contributed by atoms with Crippen LogP contribution in [-0.4, -0.2) is 32.0 Å². The third kappa shape index (κ3) is 3.65. The predicted molar refractivity (Wildman–Crippen MR) is 90.7 cm³/mol. The van der Waals surface area contributed by atoms with E-state index in [4.69, 9.17) is 0 Å². The van der Waals surface area contributed by atoms with Crippen molar-refractivity contribution in [1.29, 1.82) is 0 Å². The average molecular weight is 365 g/mol. The highest BCUT2D eigenvalue weighted by molar-refractivity contribution is 9.10. The summed E-state index contributed by atoms with van der Waals surface area (Å²) in [6.45, 7) is 0.456. The van der Waals surface area contributed by atoms with Crippen molar-refractivity contribution in [3.63, 3.8) is 0 Å². The molecule has 0 heterocycles. The first-order valence-electron chi connectivity index (χ1n) is 6.86. The summed E-state index contributed by atoms with van der Waals surface area (Å²) in [4.78, 5) is 15.7. The van der Waals surface area contributed by atoms with E-state index >= 15 is 0 Å². The van der Waals surface area contributed by atoms with E-state index in [-0.39, 0.29) is 5.91 Å². The molecule has 0 radical (unpaired) electrons. The van der Waals surface area contributed by atoms with Crippen LogP contribution in [0.5, 0.6) is 0 Å². The van der Waals surface area contributed by atoms with Gasteiger partial charge in [0, 0.05) is 37.7 Å². The second kappa shape index (κ2) is 6.92. The van der Waals surface area contributed by atoms with Crippen LogP contribution in [0.3, 0.4) is 0 Å². The zero-order valence-corrected chi connectivity index (χ0v) is 14.4. The summed E-state index contributed by atoms with van der Waals surface area (Å²) in [5.74, 6) is -0.606. The van der Waals surface area contributed by atoms with E-state index in [2.05, 4.69) is 15.9 Å². The van der Waals surface area contributed by atoms with Gasteiger partial charge in [-0.1, -0.05) is 34.1 Å². The highest BCUT2D eigenvalue weighted by atomic mass is 79.9. The minimum Gasteiger partial charge on any atom is -0.375 e. The number of anilines is 1. The number of halogens is 2. The first kappa shape index (κ1) is 16.5. The zero-order valence-electron chi connectivity index (χ0n) is 12.8. The largest absolute Gasteiger partial charge is 0.375 e. The minimum atomic E-state index is -0.398. The maximum absolute atomic E-state index is 14.0. The van der Waals surface area contributed by atoms with Crippen LogP contribution in [0.4, 0.5) is 10.1 Å². The summed E-state index contributed by atoms with van der Waals surface area (Å²) in [6, 6.07) is 12.3. The lowest BCUT2D eigenvalue weighted by atomic mass is 10.1. The summed E-state index contributed by atoms with van der Waals surface area (Å²) in [5, 5.41) is 0. The Balaban J connectivity index is 2.17. The lowest BCUT2D eigenvalue weighted by Crippen LogP contribution is -2.26. The van der Waals surface area contributed by atoms with Crippen LogP contribution >= 0.6 is 15.9 Å². The van der Waals surface area contributed by atoms with Crippen molar-refractivity contribution in [2.75, 3.05) is 26.0 Å². The van der Waals surface area contributed by atoms with Crippen molar-refractivity contribution in [2.45, 2.75) is 6.54 Å². The molecule has 0 spiro atoms. The number of hydrogen-bond acceptors (Lipinski definition) is 2. The third-order valence-corrected chi connectivity index (χ3v) is 4.16. The van der Waals surface area contributed by atoms with Crippen molar-refractivity contribution in [3.05, 3.63) is 63.9 Å². The van der Waals surface area contributed by atoms with Gasteiger partial charge in [0.2, 0.25) is 0 Å². The van der Waals surface area contributed by atoms with Crippen LogP contribution in [0.1, 0.15) is 15.9 Å². The van der Waals surface area contributed by atoms with Crippen molar-refractivity contribution < 1.29 is 9.18 Å². The topological polar surface area (TPSA) is 23.6 Å². The Hall–Kier alpha value is -1.88. The van der Waals surface area contributed by atoms with Gasteiger partial charge in [-0.2, -0.15) is 0 Å². The predicted octanol–water partition coefficient (Wildman–Crippen LogP) is 3.93. The monoisotopic (exact) mass is 364 g/mol. The Labute approximate surface area is 138 Å². The van der Waals surface area contributed by atoms with E-state index in [1.54, 1.807) is 43.1 Å². The number of carbonyl (C=O) groups excluding carboxylic acids is 1. The number of nitrogens with zero attached hydrogens (tertiary/aromatic N) is 2. The SMILES string of the molecule is CN(Cc1ccccc1Br)C(=O)c1ccc(N(C)C)c(F)c1. The Morgan fingerprint density at radius 1 is 1.14 bits per heavy atom. The van der Waals surface area contributed by atoms with Crippen LogP contribution in [0.15, 0.2) is 46.9 Å². The summed E-state index contributed by atoms with van der Waals surface area (Å²) < 4.78 is 14.9. The highest BCUT2D eigenvalue weighted by Crippen LogP contribution is 2.21. The number of carbonyl (C=O) groups is 1. The molecule has 3 nitrogen and oxygen atoms in total. The smallest absolute Gasteiger partial charge is 0.254 e. The molecule has 22 heavy (non-hydrogen) atoms. The molecule has 0 unspecified atom stereocenters. The lowest BCUT2D eigenvalue weighted by Gasteiger charge is -2.19. The Morgan fingerprint density at radius 2 is 1.82 bits per heavy atom. The molecular formula is C17H18BrFN2O. The summed E-state index contributed by atoms with van der Waals surface area (Å²) in [7, 11) is 5.23. The molecule has 0 saturated carbocycles. The maximum atomic E-state index is 14.0. The second-order valence-corrected chi connectivity index (χ2v) is 6.17. The van der Waals surface area contributed by atoms with Gasteiger partial charge in [0.25, 0.3) is 5.91 Å². The van der Waals surface area contributed by atoms with Crippen molar-refractivity contribution >= 4 is 27.5 Å². The summed E-state index contributed by atoms with van der Waals surface area (Å²) in [5.41, 5.74) is 1.81. The lowest BCUT2D eigenvalue weighted by molar-refractivity contribution is 0.0784. The van der Waals surface area contributed by atoms with Crippen LogP contribution in [0.25, 0.3) is 0 Å². The third-order valence-electron chi connectivity index (χ3n) is 3.39. The van der Waals surface area contributed by atoms with Gasteiger partial charge in [-0.25, -0.2) is 4.39 Å². The maximum Gasteiger partial charge on any atom is 0.254 e. The number of amides is 1. The molecule has 0 bridgehead atoms. The van der Waals surface area contributed by atoms with Crippen LogP contribution < -0.4 is 4.90 Å². The van der Waals surface area contributed by atoms with E-state index in [1.165, 1.54) is 6.07 Å². The van der Waals surface area contributed by atoms with Crippen LogP contribution in [-0.2, 0) is 6.54 Å². The Bertz CT molecular complexity index is 688. The van der Waals surface area contributed by atoms with Gasteiger partial charge in [0.05, 0.1) is 5.69 Å². The quantitative estimate of drug-likeness (QED) is 0.820. The molecule has 0 saturated heterocycles. The average Bonchev–Trinajstić information content (AvgIpc) is 2.48. The molecule has 0 aliphatic carbocycles. The van der Waals surface area contributed by atoms with E-state index < -0.39 is 5.82 Å². The van der Waals surface area contributed by atoms with Gasteiger partial charge >= 0.3 is 0 Å². The van der Waals surface area contributed by atoms with E-state index in [0.29, 0.717) is 17.8 Å². The van der Waals surface area contributed by atoms with Crippen molar-refractivity contribution in [1.82, 2.24) is 4.90 Å². The van der Waals surface area contributed by atoms with E-state index in [9.17, 15) is 9.18 Å². The van der Waals surface area contributed by atoms with Crippen molar-refractivity contribution in [2.24, 2.45) is 0 Å². The fourth-order valence-corrected chi connectivity index (χ4v) is 2.59. The fourth-order valence-electron chi connectivity index (χ4n) is 2.18. The molecule has 0 aliphatic rings. The van der Waals surface area contributed by atoms with Gasteiger partial charge < -0.3 is 9.80 Å². The molecule has 5 heteroatoms. The van der Waals surface area contributed by atoms with Gasteiger partial charge in [-0.15, -0.1) is 0 Å². The van der Waals surface area contributed by atoms with Crippen molar-refractivity contribution in [3.8, 4) is 0 Å². The first-order chi connectivity index (χ1) is 10.4. The minimum absolute atomic E-state index is 0.208. The molecule has 0 fully saturated rings. The number of benzene rings is 2. The van der Waals surface area contributed by atoms with Crippen LogP contribution in [0.2, 0.25) is 0 Å². The second-order valence-electron chi connectivity index (χ2n) is 5.31. The number of hydrogen-bond donors (Lipinski definition) is 0. The number of rotatable bonds is 4. The molecule has 116 valence electrons. The molecule has 2 rings (SSSR count). The van der Waals surface area contributed by atoms with Gasteiger partial charge in [-0.3, -0.25) is 4.79 Å². The Kier molecular flexibility index (Phi) is 5.19. The normalized spacial score (nSPS) is 10.4. The first-order valence-corrected chi connectivity index (χ1v) is 7.65. The molecule has 2 aromatic rings.